The molecule has 0 aliphatic heterocycles. The monoisotopic (exact) mass is 484 g/mol. The minimum absolute atomic E-state index is 0.0882. The molecule has 0 aliphatic carbocycles. The third-order valence-corrected chi connectivity index (χ3v) is 6.53. The summed E-state index contributed by atoms with van der Waals surface area (Å²) in [5.41, 5.74) is 2.55. The van der Waals surface area contributed by atoms with Crippen LogP contribution in [0.2, 0.25) is 0 Å². The Kier molecular flexibility index (Phi) is 8.61. The summed E-state index contributed by atoms with van der Waals surface area (Å²) >= 11 is 0. The molecule has 9 heteroatoms. The number of rotatable bonds is 7. The van der Waals surface area contributed by atoms with Gasteiger partial charge in [0.15, 0.2) is 0 Å². The molecular weight excluding hydrogens is 462 g/mol. The zero-order valence-electron chi connectivity index (χ0n) is 17.4. The zero-order chi connectivity index (χ0) is 23.6. The van der Waals surface area contributed by atoms with Crippen LogP contribution in [0.1, 0.15) is 0 Å². The molecule has 0 unspecified atom stereocenters. The maximum Gasteiger partial charge on any atom is 0.596 e. The molecule has 0 bridgehead atoms. The molecule has 33 heavy (non-hydrogen) atoms. The summed E-state index contributed by atoms with van der Waals surface area (Å²) in [4.78, 5) is 17.7. The fourth-order valence-electron chi connectivity index (χ4n) is 2.66. The first-order valence-electron chi connectivity index (χ1n) is 9.80. The minimum Gasteiger partial charge on any atom is -0.395 e. The van der Waals surface area contributed by atoms with Crippen molar-refractivity contribution in [2.24, 2.45) is 0 Å². The average Bonchev–Trinajstić information content (AvgIpc) is 2.80. The maximum absolute atomic E-state index is 12.4. The molecule has 2 N–H and O–H groups in total. The van der Waals surface area contributed by atoms with Crippen molar-refractivity contribution in [3.05, 3.63) is 121 Å². The van der Waals surface area contributed by atoms with Crippen LogP contribution in [0.5, 0.6) is 11.5 Å². The van der Waals surface area contributed by atoms with E-state index in [1.54, 1.807) is 36.4 Å². The van der Waals surface area contributed by atoms with E-state index in [1.165, 1.54) is 35.4 Å². The van der Waals surface area contributed by atoms with Crippen LogP contribution in [0, 0.1) is 0 Å². The highest BCUT2D eigenvalue weighted by atomic mass is 31.3. The number of phosphoric ester groups is 1. The fraction of sp³-hybridized carbons (Fsp3) is 0. The highest BCUT2D eigenvalue weighted by molar-refractivity contribution is 7.61. The minimum atomic E-state index is -5.07. The van der Waals surface area contributed by atoms with Crippen molar-refractivity contribution in [3.8, 4) is 22.6 Å². The molecule has 4 aromatic carbocycles. The first-order chi connectivity index (χ1) is 15.8. The summed E-state index contributed by atoms with van der Waals surface area (Å²) in [6, 6.07) is 36.4. The maximum atomic E-state index is 12.4. The lowest BCUT2D eigenvalue weighted by molar-refractivity contribution is 0.233. The van der Waals surface area contributed by atoms with Gasteiger partial charge >= 0.3 is 15.6 Å². The van der Waals surface area contributed by atoms with Gasteiger partial charge in [-0.05, 0) is 35.4 Å². The van der Waals surface area contributed by atoms with Crippen molar-refractivity contribution in [2.75, 3.05) is 0 Å². The van der Waals surface area contributed by atoms with Crippen molar-refractivity contribution >= 4 is 15.6 Å². The van der Waals surface area contributed by atoms with Crippen LogP contribution >= 0.6 is 15.6 Å². The summed E-state index contributed by atoms with van der Waals surface area (Å²) in [6.07, 6.45) is 0. The van der Waals surface area contributed by atoms with E-state index < -0.39 is 15.6 Å². The normalized spacial score (nSPS) is 11.1. The predicted octanol–water partition coefficient (Wildman–Crippen LogP) is 6.72. The lowest BCUT2D eigenvalue weighted by Gasteiger charge is -2.18. The van der Waals surface area contributed by atoms with Crippen molar-refractivity contribution in [3.63, 3.8) is 0 Å². The predicted molar refractivity (Wildman–Crippen MR) is 127 cm³/mol. The summed E-state index contributed by atoms with van der Waals surface area (Å²) in [7, 11) is -9.62. The molecule has 0 aromatic heterocycles. The largest absolute Gasteiger partial charge is 0.596 e. The smallest absolute Gasteiger partial charge is 0.395 e. The van der Waals surface area contributed by atoms with Gasteiger partial charge in [0.25, 0.3) is 0 Å². The Morgan fingerprint density at radius 2 is 0.788 bits per heavy atom. The van der Waals surface area contributed by atoms with Crippen molar-refractivity contribution in [1.29, 1.82) is 0 Å². The van der Waals surface area contributed by atoms with Crippen LogP contribution in [0.3, 0.4) is 0 Å². The number of hydrogen-bond acceptors (Lipinski definition) is 5. The Morgan fingerprint density at radius 3 is 1.09 bits per heavy atom. The molecule has 0 saturated heterocycles. The SMILES string of the molecule is O=P(O)(O)OP(=O)(Oc1ccccc1)Oc1ccccc1.c1ccc(-c2ccccc2)cc1. The highest BCUT2D eigenvalue weighted by Gasteiger charge is 2.39. The van der Waals surface area contributed by atoms with E-state index in [-0.39, 0.29) is 11.5 Å². The lowest BCUT2D eigenvalue weighted by atomic mass is 10.1. The standard InChI is InChI=1S/C12H12O7P2.C12H10/c13-20(14,15)19-21(16,17-11-7-3-1-4-8-11)18-12-9-5-2-6-10-12;1-3-7-11(8-4-1)12-9-5-2-6-10-12/h1-10H,(H2,13,14,15);1-10H. The summed E-state index contributed by atoms with van der Waals surface area (Å²) in [5, 5.41) is 0. The molecule has 0 spiro atoms. The molecule has 0 aliphatic rings. The number of hydrogen-bond donors (Lipinski definition) is 2. The third kappa shape index (κ3) is 8.70. The van der Waals surface area contributed by atoms with E-state index in [0.29, 0.717) is 0 Å². The molecule has 0 fully saturated rings. The van der Waals surface area contributed by atoms with Gasteiger partial charge in [0.05, 0.1) is 0 Å². The van der Waals surface area contributed by atoms with Gasteiger partial charge in [0.2, 0.25) is 0 Å². The van der Waals surface area contributed by atoms with Gasteiger partial charge in [0.1, 0.15) is 11.5 Å². The summed E-state index contributed by atoms with van der Waals surface area (Å²) in [5.74, 6) is 0.176. The second-order valence-electron chi connectivity index (χ2n) is 6.56. The molecule has 0 amide bonds. The molecule has 4 rings (SSSR count). The van der Waals surface area contributed by atoms with Crippen molar-refractivity contribution in [1.82, 2.24) is 0 Å². The quantitative estimate of drug-likeness (QED) is 0.281. The van der Waals surface area contributed by atoms with Crippen molar-refractivity contribution in [2.45, 2.75) is 0 Å². The Bertz CT molecular complexity index is 1120. The third-order valence-electron chi connectivity index (χ3n) is 4.01. The van der Waals surface area contributed by atoms with Gasteiger partial charge < -0.3 is 18.8 Å². The average molecular weight is 484 g/mol. The van der Waals surface area contributed by atoms with Crippen LogP contribution in [-0.4, -0.2) is 9.79 Å². The van der Waals surface area contributed by atoms with E-state index in [1.807, 2.05) is 12.1 Å². The molecule has 4 aromatic rings. The van der Waals surface area contributed by atoms with Crippen molar-refractivity contribution < 1.29 is 32.3 Å². The summed E-state index contributed by atoms with van der Waals surface area (Å²) in [6.45, 7) is 0. The molecule has 0 radical (unpaired) electrons. The molecule has 0 heterocycles. The van der Waals surface area contributed by atoms with E-state index >= 15 is 0 Å². The fourth-order valence-corrected chi connectivity index (χ4v) is 4.77. The first kappa shape index (κ1) is 24.5. The lowest BCUT2D eigenvalue weighted by Crippen LogP contribution is -2.03. The number of benzene rings is 4. The Labute approximate surface area is 192 Å². The number of phosphoric acid groups is 2. The van der Waals surface area contributed by atoms with Crippen LogP contribution in [-0.2, 0) is 13.4 Å². The van der Waals surface area contributed by atoms with Gasteiger partial charge in [-0.25, -0.2) is 9.13 Å². The molecule has 0 saturated carbocycles. The van der Waals surface area contributed by atoms with Crippen LogP contribution in [0.25, 0.3) is 11.1 Å². The molecular formula is C24H22O7P2. The van der Waals surface area contributed by atoms with E-state index in [4.69, 9.17) is 18.8 Å². The molecule has 0 atom stereocenters. The van der Waals surface area contributed by atoms with Crippen LogP contribution < -0.4 is 9.05 Å². The first-order valence-corrected chi connectivity index (χ1v) is 12.8. The van der Waals surface area contributed by atoms with Gasteiger partial charge in [0, 0.05) is 0 Å². The zero-order valence-corrected chi connectivity index (χ0v) is 19.2. The van der Waals surface area contributed by atoms with Crippen LogP contribution in [0.4, 0.5) is 0 Å². The van der Waals surface area contributed by atoms with Gasteiger partial charge in [-0.15, -0.1) is 0 Å². The topological polar surface area (TPSA) is 102 Å². The van der Waals surface area contributed by atoms with E-state index in [9.17, 15) is 9.13 Å². The highest BCUT2D eigenvalue weighted by Crippen LogP contribution is 2.60. The van der Waals surface area contributed by atoms with Gasteiger partial charge in [-0.1, -0.05) is 97.1 Å². The van der Waals surface area contributed by atoms with E-state index in [2.05, 4.69) is 52.8 Å². The number of para-hydroxylation sites is 2. The molecule has 7 nitrogen and oxygen atoms in total. The Balaban J connectivity index is 0.000000215. The second-order valence-corrected chi connectivity index (χ2v) is 9.45. The molecule has 170 valence electrons. The summed E-state index contributed by atoms with van der Waals surface area (Å²) < 4.78 is 37.6. The van der Waals surface area contributed by atoms with Gasteiger partial charge in [-0.2, -0.15) is 4.31 Å². The second kappa shape index (κ2) is 11.6. The van der Waals surface area contributed by atoms with Crippen LogP contribution in [0.15, 0.2) is 121 Å². The van der Waals surface area contributed by atoms with E-state index in [0.717, 1.165) is 0 Å². The Hall–Kier alpha value is -3.18. The Morgan fingerprint density at radius 1 is 0.485 bits per heavy atom. The van der Waals surface area contributed by atoms with Gasteiger partial charge in [-0.3, -0.25) is 0 Å².